The van der Waals surface area contributed by atoms with Crippen molar-refractivity contribution in [2.24, 2.45) is 0 Å². The minimum absolute atomic E-state index is 0.235. The normalized spacial score (nSPS) is 17.6. The van der Waals surface area contributed by atoms with Crippen LogP contribution in [-0.4, -0.2) is 39.1 Å². The second-order valence-electron chi connectivity index (χ2n) is 6.81. The summed E-state index contributed by atoms with van der Waals surface area (Å²) in [6.07, 6.45) is 3.52. The first kappa shape index (κ1) is 17.2. The van der Waals surface area contributed by atoms with Crippen molar-refractivity contribution >= 4 is 14.4 Å². The Balaban J connectivity index is 2.50. The van der Waals surface area contributed by atoms with E-state index in [9.17, 15) is 4.79 Å². The van der Waals surface area contributed by atoms with Gasteiger partial charge in [-0.05, 0) is 31.0 Å². The lowest BCUT2D eigenvalue weighted by Gasteiger charge is -2.36. The fourth-order valence-corrected chi connectivity index (χ4v) is 2.77. The van der Waals surface area contributed by atoms with E-state index in [4.69, 9.17) is 9.16 Å². The highest BCUT2D eigenvalue weighted by Crippen LogP contribution is 2.36. The second-order valence-corrected chi connectivity index (χ2v) is 11.6. The van der Waals surface area contributed by atoms with Gasteiger partial charge in [-0.1, -0.05) is 33.3 Å². The molecule has 0 aromatic carbocycles. The van der Waals surface area contributed by atoms with Gasteiger partial charge in [0.15, 0.2) is 8.32 Å². The molecular weight excluding hydrogens is 270 g/mol. The number of carbonyl (C=O) groups excluding carboxylic acids is 1. The average Bonchev–Trinajstić information content (AvgIpc) is 2.72. The lowest BCUT2D eigenvalue weighted by atomic mass is 10.1. The molecule has 1 heterocycles. The van der Waals surface area contributed by atoms with Crippen LogP contribution in [0.2, 0.25) is 18.1 Å². The Morgan fingerprint density at radius 2 is 2.10 bits per heavy atom. The SMILES string of the molecule is CC/C(=C\N1CCOC1=O)CCO[Si](C)(C)C(C)(C)C. The Labute approximate surface area is 124 Å². The van der Waals surface area contributed by atoms with Gasteiger partial charge >= 0.3 is 6.09 Å². The van der Waals surface area contributed by atoms with E-state index < -0.39 is 8.32 Å². The highest BCUT2D eigenvalue weighted by molar-refractivity contribution is 6.74. The Kier molecular flexibility index (Phi) is 5.83. The van der Waals surface area contributed by atoms with Crippen LogP contribution in [0, 0.1) is 0 Å². The summed E-state index contributed by atoms with van der Waals surface area (Å²) in [6.45, 7) is 15.3. The van der Waals surface area contributed by atoms with Gasteiger partial charge in [-0.25, -0.2) is 4.79 Å². The first-order chi connectivity index (χ1) is 9.17. The van der Waals surface area contributed by atoms with E-state index in [1.807, 2.05) is 6.20 Å². The van der Waals surface area contributed by atoms with Gasteiger partial charge in [-0.3, -0.25) is 4.90 Å². The molecule has 0 N–H and O–H groups in total. The van der Waals surface area contributed by atoms with Gasteiger partial charge in [0, 0.05) is 12.8 Å². The first-order valence-electron chi connectivity index (χ1n) is 7.44. The molecule has 0 spiro atoms. The van der Waals surface area contributed by atoms with Crippen LogP contribution in [0.25, 0.3) is 0 Å². The highest BCUT2D eigenvalue weighted by atomic mass is 28.4. The van der Waals surface area contributed by atoms with Crippen LogP contribution in [0.5, 0.6) is 0 Å². The van der Waals surface area contributed by atoms with Crippen LogP contribution in [0.15, 0.2) is 11.8 Å². The zero-order valence-electron chi connectivity index (χ0n) is 13.8. The van der Waals surface area contributed by atoms with Crippen molar-refractivity contribution < 1.29 is 14.0 Å². The number of hydrogen-bond acceptors (Lipinski definition) is 3. The molecule has 0 aromatic rings. The summed E-state index contributed by atoms with van der Waals surface area (Å²) in [6, 6.07) is 0. The monoisotopic (exact) mass is 299 g/mol. The van der Waals surface area contributed by atoms with Crippen molar-refractivity contribution in [3.63, 3.8) is 0 Å². The fourth-order valence-electron chi connectivity index (χ4n) is 1.73. The zero-order chi connectivity index (χ0) is 15.4. The second kappa shape index (κ2) is 6.76. The number of rotatable bonds is 6. The maximum Gasteiger partial charge on any atom is 0.413 e. The van der Waals surface area contributed by atoms with E-state index in [1.165, 1.54) is 5.57 Å². The summed E-state index contributed by atoms with van der Waals surface area (Å²) in [4.78, 5) is 13.1. The van der Waals surface area contributed by atoms with E-state index in [0.29, 0.717) is 13.2 Å². The molecule has 1 aliphatic rings. The minimum Gasteiger partial charge on any atom is -0.447 e. The number of amides is 1. The third-order valence-corrected chi connectivity index (χ3v) is 8.82. The third kappa shape index (κ3) is 4.63. The summed E-state index contributed by atoms with van der Waals surface area (Å²) in [5.41, 5.74) is 1.24. The predicted octanol–water partition coefficient (Wildman–Crippen LogP) is 4.14. The van der Waals surface area contributed by atoms with Crippen LogP contribution < -0.4 is 0 Å². The molecule has 1 saturated heterocycles. The van der Waals surface area contributed by atoms with Crippen molar-refractivity contribution in [1.82, 2.24) is 4.90 Å². The fraction of sp³-hybridized carbons (Fsp3) is 0.800. The summed E-state index contributed by atoms with van der Waals surface area (Å²) in [5, 5.41) is 0.238. The van der Waals surface area contributed by atoms with E-state index in [2.05, 4.69) is 40.8 Å². The van der Waals surface area contributed by atoms with E-state index in [-0.39, 0.29) is 11.1 Å². The summed E-state index contributed by atoms with van der Waals surface area (Å²) in [5.74, 6) is 0. The Morgan fingerprint density at radius 3 is 2.55 bits per heavy atom. The molecular formula is C15H29NO3Si. The summed E-state index contributed by atoms with van der Waals surface area (Å²) >= 11 is 0. The molecule has 20 heavy (non-hydrogen) atoms. The van der Waals surface area contributed by atoms with Gasteiger partial charge in [0.2, 0.25) is 0 Å². The molecule has 1 amide bonds. The lowest BCUT2D eigenvalue weighted by Crippen LogP contribution is -2.41. The van der Waals surface area contributed by atoms with Crippen molar-refractivity contribution in [3.8, 4) is 0 Å². The molecule has 1 fully saturated rings. The van der Waals surface area contributed by atoms with Crippen LogP contribution in [-0.2, 0) is 9.16 Å². The molecule has 0 bridgehead atoms. The third-order valence-electron chi connectivity index (χ3n) is 4.28. The number of hydrogen-bond donors (Lipinski definition) is 0. The summed E-state index contributed by atoms with van der Waals surface area (Å²) < 4.78 is 11.1. The molecule has 116 valence electrons. The Hall–Kier alpha value is -0.813. The number of cyclic esters (lactones) is 1. The van der Waals surface area contributed by atoms with E-state index in [1.54, 1.807) is 4.90 Å². The maximum atomic E-state index is 11.4. The van der Waals surface area contributed by atoms with Crippen molar-refractivity contribution in [3.05, 3.63) is 11.8 Å². The van der Waals surface area contributed by atoms with Crippen LogP contribution in [0.4, 0.5) is 4.79 Å². The molecule has 0 radical (unpaired) electrons. The molecule has 0 aromatic heterocycles. The standard InChI is InChI=1S/C15H29NO3Si/c1-7-13(12-16-9-11-18-14(16)17)8-10-19-20(5,6)15(2,3)4/h12H,7-11H2,1-6H3/b13-12+. The van der Waals surface area contributed by atoms with Crippen molar-refractivity contribution in [2.45, 2.75) is 58.7 Å². The smallest absolute Gasteiger partial charge is 0.413 e. The Morgan fingerprint density at radius 1 is 1.45 bits per heavy atom. The van der Waals surface area contributed by atoms with Crippen LogP contribution in [0.1, 0.15) is 40.5 Å². The molecule has 4 nitrogen and oxygen atoms in total. The molecule has 1 aliphatic heterocycles. The number of nitrogens with zero attached hydrogens (tertiary/aromatic N) is 1. The van der Waals surface area contributed by atoms with Gasteiger partial charge in [0.25, 0.3) is 0 Å². The van der Waals surface area contributed by atoms with E-state index in [0.717, 1.165) is 19.4 Å². The number of ether oxygens (including phenoxy) is 1. The van der Waals surface area contributed by atoms with Gasteiger partial charge in [-0.2, -0.15) is 0 Å². The predicted molar refractivity (Wildman–Crippen MR) is 84.2 cm³/mol. The zero-order valence-corrected chi connectivity index (χ0v) is 14.8. The van der Waals surface area contributed by atoms with Crippen molar-refractivity contribution in [1.29, 1.82) is 0 Å². The summed E-state index contributed by atoms with van der Waals surface area (Å²) in [7, 11) is -1.67. The van der Waals surface area contributed by atoms with Crippen molar-refractivity contribution in [2.75, 3.05) is 19.8 Å². The molecule has 0 aliphatic carbocycles. The quantitative estimate of drug-likeness (QED) is 0.692. The van der Waals surface area contributed by atoms with Gasteiger partial charge < -0.3 is 9.16 Å². The molecule has 0 saturated carbocycles. The van der Waals surface area contributed by atoms with E-state index >= 15 is 0 Å². The van der Waals surface area contributed by atoms with Gasteiger partial charge in [0.1, 0.15) is 6.61 Å². The Bertz CT molecular complexity index is 372. The topological polar surface area (TPSA) is 38.8 Å². The van der Waals surface area contributed by atoms with Gasteiger partial charge in [-0.15, -0.1) is 0 Å². The molecule has 0 unspecified atom stereocenters. The first-order valence-corrected chi connectivity index (χ1v) is 10.3. The number of carbonyl (C=O) groups is 1. The van der Waals surface area contributed by atoms with Gasteiger partial charge in [0.05, 0.1) is 6.54 Å². The largest absolute Gasteiger partial charge is 0.447 e. The van der Waals surface area contributed by atoms with Crippen LogP contribution in [0.3, 0.4) is 0 Å². The lowest BCUT2D eigenvalue weighted by molar-refractivity contribution is 0.166. The molecule has 1 rings (SSSR count). The molecule has 5 heteroatoms. The average molecular weight is 299 g/mol. The maximum absolute atomic E-state index is 11.4. The molecule has 0 atom stereocenters. The highest BCUT2D eigenvalue weighted by Gasteiger charge is 2.36. The minimum atomic E-state index is -1.67. The van der Waals surface area contributed by atoms with Crippen LogP contribution >= 0.6 is 0 Å².